The summed E-state index contributed by atoms with van der Waals surface area (Å²) in [6.45, 7) is 3.54. The monoisotopic (exact) mass is 363 g/mol. The van der Waals surface area contributed by atoms with Crippen LogP contribution >= 0.6 is 35.0 Å². The number of ether oxygens (including phenoxy) is 1. The van der Waals surface area contributed by atoms with Gasteiger partial charge in [-0.05, 0) is 50.5 Å². The third-order valence-corrected chi connectivity index (χ3v) is 4.12. The molecule has 0 aliphatic heterocycles. The summed E-state index contributed by atoms with van der Waals surface area (Å²) in [6.07, 6.45) is 2.21. The van der Waals surface area contributed by atoms with Crippen molar-refractivity contribution in [1.82, 2.24) is 5.32 Å². The summed E-state index contributed by atoms with van der Waals surface area (Å²) in [5.74, 6) is -0.0812. The SMILES string of the molecule is CSCC[C@H](NC(=O)c1ccc(Cl)c(Cl)c1)C(=O)OC(C)C. The van der Waals surface area contributed by atoms with Crippen molar-refractivity contribution in [3.63, 3.8) is 0 Å². The van der Waals surface area contributed by atoms with E-state index >= 15 is 0 Å². The summed E-state index contributed by atoms with van der Waals surface area (Å²) in [7, 11) is 0. The van der Waals surface area contributed by atoms with Crippen molar-refractivity contribution in [2.45, 2.75) is 32.4 Å². The van der Waals surface area contributed by atoms with Gasteiger partial charge in [0, 0.05) is 5.56 Å². The van der Waals surface area contributed by atoms with Crippen LogP contribution < -0.4 is 5.32 Å². The maximum absolute atomic E-state index is 12.2. The van der Waals surface area contributed by atoms with E-state index < -0.39 is 12.0 Å². The van der Waals surface area contributed by atoms with Gasteiger partial charge in [0.25, 0.3) is 5.91 Å². The number of rotatable bonds is 7. The lowest BCUT2D eigenvalue weighted by Gasteiger charge is -2.19. The fourth-order valence-corrected chi connectivity index (χ4v) is 2.45. The van der Waals surface area contributed by atoms with Gasteiger partial charge in [-0.2, -0.15) is 11.8 Å². The molecule has 7 heteroatoms. The van der Waals surface area contributed by atoms with Crippen LogP contribution in [0.5, 0.6) is 0 Å². The maximum Gasteiger partial charge on any atom is 0.328 e. The smallest absolute Gasteiger partial charge is 0.328 e. The highest BCUT2D eigenvalue weighted by atomic mass is 35.5. The van der Waals surface area contributed by atoms with Crippen LogP contribution in [0, 0.1) is 0 Å². The first kappa shape index (κ1) is 19.1. The van der Waals surface area contributed by atoms with Crippen molar-refractivity contribution in [3.05, 3.63) is 33.8 Å². The van der Waals surface area contributed by atoms with Crippen LogP contribution in [0.2, 0.25) is 10.0 Å². The first-order valence-corrected chi connectivity index (χ1v) is 8.95. The number of amides is 1. The van der Waals surface area contributed by atoms with E-state index in [2.05, 4.69) is 5.32 Å². The molecule has 1 atom stereocenters. The van der Waals surface area contributed by atoms with E-state index in [1.54, 1.807) is 37.7 Å². The van der Waals surface area contributed by atoms with Gasteiger partial charge in [-0.1, -0.05) is 23.2 Å². The van der Waals surface area contributed by atoms with Crippen molar-refractivity contribution in [2.24, 2.45) is 0 Å². The molecule has 4 nitrogen and oxygen atoms in total. The number of benzene rings is 1. The first-order chi connectivity index (χ1) is 10.3. The normalized spacial score (nSPS) is 12.1. The molecule has 0 bridgehead atoms. The first-order valence-electron chi connectivity index (χ1n) is 6.80. The maximum atomic E-state index is 12.2. The lowest BCUT2D eigenvalue weighted by Crippen LogP contribution is -2.43. The fourth-order valence-electron chi connectivity index (χ4n) is 1.68. The number of thioether (sulfide) groups is 1. The minimum atomic E-state index is -0.684. The molecule has 22 heavy (non-hydrogen) atoms. The minimum absolute atomic E-state index is 0.230. The van der Waals surface area contributed by atoms with E-state index in [1.807, 2.05) is 6.26 Å². The Morgan fingerprint density at radius 3 is 2.50 bits per heavy atom. The Morgan fingerprint density at radius 2 is 1.95 bits per heavy atom. The van der Waals surface area contributed by atoms with E-state index in [4.69, 9.17) is 27.9 Å². The second-order valence-corrected chi connectivity index (χ2v) is 6.72. The summed E-state index contributed by atoms with van der Waals surface area (Å²) in [6, 6.07) is 3.89. The molecule has 1 amide bonds. The van der Waals surface area contributed by atoms with E-state index in [9.17, 15) is 9.59 Å². The van der Waals surface area contributed by atoms with Gasteiger partial charge in [0.15, 0.2) is 0 Å². The third kappa shape index (κ3) is 6.07. The molecular weight excluding hydrogens is 345 g/mol. The molecule has 0 radical (unpaired) electrons. The average molecular weight is 364 g/mol. The molecule has 0 aromatic heterocycles. The summed E-state index contributed by atoms with van der Waals surface area (Å²) < 4.78 is 5.18. The largest absolute Gasteiger partial charge is 0.461 e. The van der Waals surface area contributed by atoms with Crippen molar-refractivity contribution in [1.29, 1.82) is 0 Å². The van der Waals surface area contributed by atoms with E-state index in [1.165, 1.54) is 6.07 Å². The summed E-state index contributed by atoms with van der Waals surface area (Å²) in [5.41, 5.74) is 0.348. The lowest BCUT2D eigenvalue weighted by molar-refractivity contribution is -0.149. The van der Waals surface area contributed by atoms with Gasteiger partial charge in [0.2, 0.25) is 0 Å². The molecular formula is C15H19Cl2NO3S. The number of hydrogen-bond acceptors (Lipinski definition) is 4. The Bertz CT molecular complexity index is 538. The molecule has 0 saturated carbocycles. The van der Waals surface area contributed by atoms with Crippen LogP contribution in [0.15, 0.2) is 18.2 Å². The van der Waals surface area contributed by atoms with Crippen LogP contribution in [0.25, 0.3) is 0 Å². The second kappa shape index (κ2) is 9.28. The van der Waals surface area contributed by atoms with Crippen molar-refractivity contribution in [3.8, 4) is 0 Å². The van der Waals surface area contributed by atoms with Gasteiger partial charge >= 0.3 is 5.97 Å². The molecule has 1 aromatic rings. The predicted molar refractivity (Wildman–Crippen MR) is 91.9 cm³/mol. The zero-order valence-electron chi connectivity index (χ0n) is 12.7. The van der Waals surface area contributed by atoms with Gasteiger partial charge in [0.1, 0.15) is 6.04 Å². The number of esters is 1. The van der Waals surface area contributed by atoms with Crippen molar-refractivity contribution in [2.75, 3.05) is 12.0 Å². The van der Waals surface area contributed by atoms with Gasteiger partial charge < -0.3 is 10.1 Å². The number of carbonyl (C=O) groups is 2. The Balaban J connectivity index is 2.80. The van der Waals surface area contributed by atoms with Gasteiger partial charge in [-0.3, -0.25) is 4.79 Å². The van der Waals surface area contributed by atoms with Crippen molar-refractivity contribution < 1.29 is 14.3 Å². The zero-order chi connectivity index (χ0) is 16.7. The Kier molecular flexibility index (Phi) is 8.07. The topological polar surface area (TPSA) is 55.4 Å². The van der Waals surface area contributed by atoms with Crippen LogP contribution in [0.1, 0.15) is 30.6 Å². The minimum Gasteiger partial charge on any atom is -0.461 e. The van der Waals surface area contributed by atoms with Crippen LogP contribution in [0.4, 0.5) is 0 Å². The molecule has 0 heterocycles. The Labute approximate surface area is 144 Å². The molecule has 1 aromatic carbocycles. The standard InChI is InChI=1S/C15H19Cl2NO3S/c1-9(2)21-15(20)13(6-7-22-3)18-14(19)10-4-5-11(16)12(17)8-10/h4-5,8-9,13H,6-7H2,1-3H3,(H,18,19)/t13-/m0/s1. The highest BCUT2D eigenvalue weighted by Crippen LogP contribution is 2.22. The molecule has 0 unspecified atom stereocenters. The number of halogens is 2. The Hall–Kier alpha value is -0.910. The van der Waals surface area contributed by atoms with Gasteiger partial charge in [-0.25, -0.2) is 4.79 Å². The summed E-state index contributed by atoms with van der Waals surface area (Å²) in [5, 5.41) is 3.35. The predicted octanol–water partition coefficient (Wildman–Crippen LogP) is 3.80. The molecule has 0 aliphatic rings. The zero-order valence-corrected chi connectivity index (χ0v) is 15.0. The van der Waals surface area contributed by atoms with Crippen molar-refractivity contribution >= 4 is 46.8 Å². The highest BCUT2D eigenvalue weighted by Gasteiger charge is 2.23. The molecule has 0 saturated heterocycles. The van der Waals surface area contributed by atoms with Crippen LogP contribution in [0.3, 0.4) is 0 Å². The number of hydrogen-bond donors (Lipinski definition) is 1. The van der Waals surface area contributed by atoms with Crippen LogP contribution in [-0.2, 0) is 9.53 Å². The lowest BCUT2D eigenvalue weighted by atomic mass is 10.1. The highest BCUT2D eigenvalue weighted by molar-refractivity contribution is 7.98. The number of carbonyl (C=O) groups excluding carboxylic acids is 2. The van der Waals surface area contributed by atoms with E-state index in [0.717, 1.165) is 5.75 Å². The molecule has 1 N–H and O–H groups in total. The van der Waals surface area contributed by atoms with E-state index in [0.29, 0.717) is 22.0 Å². The van der Waals surface area contributed by atoms with Crippen LogP contribution in [-0.4, -0.2) is 36.0 Å². The van der Waals surface area contributed by atoms with Gasteiger partial charge in [-0.15, -0.1) is 0 Å². The quantitative estimate of drug-likeness (QED) is 0.748. The summed E-state index contributed by atoms with van der Waals surface area (Å²) >= 11 is 13.3. The molecule has 1 rings (SSSR count). The molecule has 0 spiro atoms. The average Bonchev–Trinajstić information content (AvgIpc) is 2.45. The summed E-state index contributed by atoms with van der Waals surface area (Å²) in [4.78, 5) is 24.3. The molecule has 0 fully saturated rings. The van der Waals surface area contributed by atoms with E-state index in [-0.39, 0.29) is 12.0 Å². The van der Waals surface area contributed by atoms with Gasteiger partial charge in [0.05, 0.1) is 16.1 Å². The fraction of sp³-hybridized carbons (Fsp3) is 0.467. The molecule has 0 aliphatic carbocycles. The molecule has 122 valence electrons. The Morgan fingerprint density at radius 1 is 1.27 bits per heavy atom. The third-order valence-electron chi connectivity index (χ3n) is 2.73. The number of nitrogens with one attached hydrogen (secondary N) is 1. The second-order valence-electron chi connectivity index (χ2n) is 4.92.